The van der Waals surface area contributed by atoms with E-state index in [0.717, 1.165) is 109 Å². The maximum atomic E-state index is 12.8. The van der Waals surface area contributed by atoms with E-state index in [1.54, 1.807) is 0 Å². The molecule has 0 aliphatic heterocycles. The van der Waals surface area contributed by atoms with E-state index in [1.807, 2.05) is 60.8 Å². The zero-order chi connectivity index (χ0) is 45.1. The molecule has 350 valence electrons. The van der Waals surface area contributed by atoms with Crippen molar-refractivity contribution in [2.45, 2.75) is 213 Å². The summed E-state index contributed by atoms with van der Waals surface area (Å²) in [5, 5.41) is 0. The van der Waals surface area contributed by atoms with Crippen LogP contribution in [-0.2, 0) is 28.6 Å². The Morgan fingerprint density at radius 2 is 0.645 bits per heavy atom. The third-order valence-corrected chi connectivity index (χ3v) is 10.2. The number of unbranched alkanes of at least 4 members (excludes halogenated alkanes) is 20. The molecule has 62 heavy (non-hydrogen) atoms. The van der Waals surface area contributed by atoms with Gasteiger partial charge in [0, 0.05) is 19.3 Å². The summed E-state index contributed by atoms with van der Waals surface area (Å²) in [6, 6.07) is 0. The fourth-order valence-corrected chi connectivity index (χ4v) is 6.46. The average Bonchev–Trinajstić information content (AvgIpc) is 3.27. The first-order valence-corrected chi connectivity index (χ1v) is 25.0. The van der Waals surface area contributed by atoms with Gasteiger partial charge in [0.05, 0.1) is 0 Å². The first-order valence-electron chi connectivity index (χ1n) is 25.0. The van der Waals surface area contributed by atoms with Crippen LogP contribution in [0, 0.1) is 0 Å². The Morgan fingerprint density at radius 3 is 1.05 bits per heavy atom. The van der Waals surface area contributed by atoms with Crippen molar-refractivity contribution in [1.82, 2.24) is 0 Å². The summed E-state index contributed by atoms with van der Waals surface area (Å²) in [6.45, 7) is 6.28. The maximum absolute atomic E-state index is 12.8. The molecule has 6 heteroatoms. The van der Waals surface area contributed by atoms with Gasteiger partial charge in [-0.25, -0.2) is 0 Å². The van der Waals surface area contributed by atoms with Crippen molar-refractivity contribution in [1.29, 1.82) is 0 Å². The number of carbonyl (C=O) groups excluding carboxylic acids is 3. The van der Waals surface area contributed by atoms with Gasteiger partial charge in [-0.3, -0.25) is 14.4 Å². The lowest BCUT2D eigenvalue weighted by molar-refractivity contribution is -0.167. The van der Waals surface area contributed by atoms with Crippen LogP contribution >= 0.6 is 0 Å². The minimum absolute atomic E-state index is 0.107. The first kappa shape index (κ1) is 58.1. The summed E-state index contributed by atoms with van der Waals surface area (Å²) in [5.74, 6) is -0.986. The van der Waals surface area contributed by atoms with Gasteiger partial charge in [0.1, 0.15) is 13.2 Å². The summed E-state index contributed by atoms with van der Waals surface area (Å²) in [7, 11) is 0. The van der Waals surface area contributed by atoms with Gasteiger partial charge in [-0.05, 0) is 83.5 Å². The molecule has 0 heterocycles. The number of carbonyl (C=O) groups is 3. The van der Waals surface area contributed by atoms with Gasteiger partial charge in [-0.2, -0.15) is 0 Å². The number of esters is 3. The summed E-state index contributed by atoms with van der Waals surface area (Å²) in [6.07, 6.45) is 66.4. The van der Waals surface area contributed by atoms with Gasteiger partial charge in [-0.15, -0.1) is 0 Å². The number of rotatable bonds is 43. The molecule has 0 N–H and O–H groups in total. The lowest BCUT2D eigenvalue weighted by Gasteiger charge is -2.18. The highest BCUT2D eigenvalue weighted by Crippen LogP contribution is 2.13. The Kier molecular flexibility index (Phi) is 46.6. The topological polar surface area (TPSA) is 78.9 Å². The second kappa shape index (κ2) is 49.7. The van der Waals surface area contributed by atoms with Crippen molar-refractivity contribution in [3.8, 4) is 0 Å². The van der Waals surface area contributed by atoms with E-state index in [1.165, 1.54) is 57.8 Å². The Labute approximate surface area is 380 Å². The molecule has 0 aromatic heterocycles. The SMILES string of the molecule is CC\C=C/C=C\C=C/C=C\CCCCCCCC(=O)OC(COC(=O)CCCCC\C=C/C=C\C=C/C=C\CC)COC(=O)CCCCCCC/C=C\CCCCCCCCC. The molecule has 0 saturated heterocycles. The number of hydrogen-bond donors (Lipinski definition) is 0. The Balaban J connectivity index is 4.51. The van der Waals surface area contributed by atoms with E-state index in [4.69, 9.17) is 14.2 Å². The van der Waals surface area contributed by atoms with E-state index >= 15 is 0 Å². The second-order valence-corrected chi connectivity index (χ2v) is 16.1. The van der Waals surface area contributed by atoms with Crippen LogP contribution in [0.5, 0.6) is 0 Å². The molecule has 0 amide bonds. The van der Waals surface area contributed by atoms with Gasteiger partial charge >= 0.3 is 17.9 Å². The molecule has 0 saturated carbocycles. The molecular formula is C56H90O6. The molecule has 1 unspecified atom stereocenters. The molecule has 6 nitrogen and oxygen atoms in total. The third-order valence-electron chi connectivity index (χ3n) is 10.2. The minimum Gasteiger partial charge on any atom is -0.462 e. The maximum Gasteiger partial charge on any atom is 0.306 e. The monoisotopic (exact) mass is 859 g/mol. The quantitative estimate of drug-likeness (QED) is 0.0200. The average molecular weight is 859 g/mol. The lowest BCUT2D eigenvalue weighted by atomic mass is 10.1. The molecular weight excluding hydrogens is 769 g/mol. The van der Waals surface area contributed by atoms with E-state index in [2.05, 4.69) is 69.4 Å². The molecule has 0 aromatic rings. The predicted molar refractivity (Wildman–Crippen MR) is 265 cm³/mol. The fraction of sp³-hybridized carbons (Fsp3) is 0.625. The van der Waals surface area contributed by atoms with Crippen LogP contribution in [0.4, 0.5) is 0 Å². The van der Waals surface area contributed by atoms with Crippen molar-refractivity contribution in [3.05, 3.63) is 109 Å². The van der Waals surface area contributed by atoms with Gasteiger partial charge < -0.3 is 14.2 Å². The van der Waals surface area contributed by atoms with Gasteiger partial charge in [0.15, 0.2) is 6.10 Å². The number of hydrogen-bond acceptors (Lipinski definition) is 6. The highest BCUT2D eigenvalue weighted by Gasteiger charge is 2.19. The fourth-order valence-electron chi connectivity index (χ4n) is 6.46. The van der Waals surface area contributed by atoms with Crippen LogP contribution in [0.2, 0.25) is 0 Å². The van der Waals surface area contributed by atoms with Crippen LogP contribution < -0.4 is 0 Å². The Bertz CT molecular complexity index is 1310. The Morgan fingerprint density at radius 1 is 0.339 bits per heavy atom. The summed E-state index contributed by atoms with van der Waals surface area (Å²) < 4.78 is 16.7. The molecule has 0 aromatic carbocycles. The van der Waals surface area contributed by atoms with E-state index in [-0.39, 0.29) is 37.5 Å². The Hall–Kier alpha value is -3.93. The van der Waals surface area contributed by atoms with E-state index in [0.29, 0.717) is 12.8 Å². The largest absolute Gasteiger partial charge is 0.462 e. The first-order chi connectivity index (χ1) is 30.5. The lowest BCUT2D eigenvalue weighted by Crippen LogP contribution is -2.30. The smallest absolute Gasteiger partial charge is 0.306 e. The number of ether oxygens (including phenoxy) is 3. The van der Waals surface area contributed by atoms with Crippen molar-refractivity contribution in [3.63, 3.8) is 0 Å². The zero-order valence-corrected chi connectivity index (χ0v) is 39.8. The van der Waals surface area contributed by atoms with Crippen molar-refractivity contribution >= 4 is 17.9 Å². The molecule has 0 aliphatic carbocycles. The summed E-state index contributed by atoms with van der Waals surface area (Å²) in [5.41, 5.74) is 0. The summed E-state index contributed by atoms with van der Waals surface area (Å²) >= 11 is 0. The molecule has 0 aliphatic rings. The standard InChI is InChI=1S/C56H90O6/c1-4-7-10-13-16-19-22-25-27-29-31-34-37-40-43-46-49-55(58)61-52-53(51-60-54(57)48-45-42-39-36-33-30-24-21-18-15-12-9-6-3)62-56(59)50-47-44-41-38-35-32-28-26-23-20-17-14-11-8-5-2/h8-9,11-12,14-15,17-18,20-21,23-24,26-30,33,53H,4-7,10,13,16,19,22,25,31-32,34-52H2,1-3H3/b11-8-,12-9-,17-14-,18-15-,23-20-,24-21-,28-26-,29-27-,33-30-. The zero-order valence-electron chi connectivity index (χ0n) is 39.8. The van der Waals surface area contributed by atoms with Crippen molar-refractivity contribution in [2.24, 2.45) is 0 Å². The highest BCUT2D eigenvalue weighted by atomic mass is 16.6. The van der Waals surface area contributed by atoms with E-state index < -0.39 is 6.10 Å². The molecule has 0 bridgehead atoms. The molecule has 1 atom stereocenters. The normalized spacial score (nSPS) is 13.0. The van der Waals surface area contributed by atoms with Crippen LogP contribution in [-0.4, -0.2) is 37.2 Å². The molecule has 0 fully saturated rings. The van der Waals surface area contributed by atoms with Gasteiger partial charge in [0.25, 0.3) is 0 Å². The van der Waals surface area contributed by atoms with E-state index in [9.17, 15) is 14.4 Å². The van der Waals surface area contributed by atoms with Crippen LogP contribution in [0.25, 0.3) is 0 Å². The predicted octanol–water partition coefficient (Wildman–Crippen LogP) is 16.4. The van der Waals surface area contributed by atoms with Crippen LogP contribution in [0.15, 0.2) is 109 Å². The summed E-state index contributed by atoms with van der Waals surface area (Å²) in [4.78, 5) is 37.9. The second-order valence-electron chi connectivity index (χ2n) is 16.1. The minimum atomic E-state index is -0.811. The molecule has 0 radical (unpaired) electrons. The van der Waals surface area contributed by atoms with Gasteiger partial charge in [-0.1, -0.05) is 214 Å². The highest BCUT2D eigenvalue weighted by molar-refractivity contribution is 5.71. The van der Waals surface area contributed by atoms with Crippen LogP contribution in [0.3, 0.4) is 0 Å². The van der Waals surface area contributed by atoms with Crippen molar-refractivity contribution < 1.29 is 28.6 Å². The van der Waals surface area contributed by atoms with Crippen LogP contribution in [0.1, 0.15) is 207 Å². The third kappa shape index (κ3) is 47.1. The van der Waals surface area contributed by atoms with Crippen molar-refractivity contribution in [2.75, 3.05) is 13.2 Å². The molecule has 0 rings (SSSR count). The number of allylic oxidation sites excluding steroid dienone is 18. The van der Waals surface area contributed by atoms with Gasteiger partial charge in [0.2, 0.25) is 0 Å². The molecule has 0 spiro atoms.